The van der Waals surface area contributed by atoms with E-state index in [9.17, 15) is 14.3 Å². The average molecular weight is 348 g/mol. The Bertz CT molecular complexity index is 690. The first-order valence-electron chi connectivity index (χ1n) is 7.92. The molecule has 0 radical (unpaired) electrons. The number of halogens is 1. The molecule has 1 aromatic carbocycles. The fraction of sp³-hybridized carbons (Fsp3) is 0.389. The minimum atomic E-state index is -0.902. The molecule has 0 bridgehead atoms. The highest BCUT2D eigenvalue weighted by Crippen LogP contribution is 2.25. The third kappa shape index (κ3) is 4.01. The minimum Gasteiger partial charge on any atom is -0.387 e. The summed E-state index contributed by atoms with van der Waals surface area (Å²) in [5, 5.41) is 14.5. The SMILES string of the molecule is CN(Cc1ccc(F)cc1)C[C@@]1(O)CCN(C(=O)c2ccsc2)C1. The number of rotatable bonds is 5. The zero-order chi connectivity index (χ0) is 17.2. The van der Waals surface area contributed by atoms with E-state index >= 15 is 0 Å². The van der Waals surface area contributed by atoms with Crippen LogP contribution in [-0.4, -0.2) is 53.1 Å². The highest BCUT2D eigenvalue weighted by molar-refractivity contribution is 7.08. The number of likely N-dealkylation sites (N-methyl/N-ethyl adjacent to an activating group) is 1. The number of carbonyl (C=O) groups is 1. The van der Waals surface area contributed by atoms with E-state index in [1.165, 1.54) is 23.5 Å². The molecular weight excluding hydrogens is 327 g/mol. The molecule has 1 atom stereocenters. The van der Waals surface area contributed by atoms with Crippen LogP contribution in [0, 0.1) is 5.82 Å². The molecule has 2 aromatic rings. The lowest BCUT2D eigenvalue weighted by molar-refractivity contribution is 0.0164. The highest BCUT2D eigenvalue weighted by Gasteiger charge is 2.39. The number of aliphatic hydroxyl groups is 1. The Kier molecular flexibility index (Phi) is 4.99. The first kappa shape index (κ1) is 17.1. The van der Waals surface area contributed by atoms with Gasteiger partial charge in [0.1, 0.15) is 5.82 Å². The van der Waals surface area contributed by atoms with Crippen molar-refractivity contribution < 1.29 is 14.3 Å². The number of benzene rings is 1. The summed E-state index contributed by atoms with van der Waals surface area (Å²) < 4.78 is 13.0. The van der Waals surface area contributed by atoms with Crippen molar-refractivity contribution in [3.05, 3.63) is 58.0 Å². The molecule has 1 aliphatic rings. The van der Waals surface area contributed by atoms with Crippen LogP contribution >= 0.6 is 11.3 Å². The molecule has 0 saturated carbocycles. The zero-order valence-electron chi connectivity index (χ0n) is 13.6. The van der Waals surface area contributed by atoms with E-state index in [1.54, 1.807) is 17.0 Å². The zero-order valence-corrected chi connectivity index (χ0v) is 14.4. The van der Waals surface area contributed by atoms with Crippen LogP contribution in [-0.2, 0) is 6.54 Å². The molecule has 128 valence electrons. The summed E-state index contributed by atoms with van der Waals surface area (Å²) in [5.74, 6) is -0.272. The van der Waals surface area contributed by atoms with Crippen LogP contribution < -0.4 is 0 Å². The first-order valence-corrected chi connectivity index (χ1v) is 8.86. The fourth-order valence-corrected chi connectivity index (χ4v) is 3.82. The van der Waals surface area contributed by atoms with Crippen LogP contribution in [0.3, 0.4) is 0 Å². The summed E-state index contributed by atoms with van der Waals surface area (Å²) in [7, 11) is 1.92. The summed E-state index contributed by atoms with van der Waals surface area (Å²) in [5.41, 5.74) is 0.774. The topological polar surface area (TPSA) is 43.8 Å². The average Bonchev–Trinajstić information content (AvgIpc) is 3.19. The lowest BCUT2D eigenvalue weighted by Crippen LogP contribution is -2.44. The molecule has 4 nitrogen and oxygen atoms in total. The van der Waals surface area contributed by atoms with Gasteiger partial charge in [0.25, 0.3) is 5.91 Å². The molecule has 0 spiro atoms. The molecule has 6 heteroatoms. The van der Waals surface area contributed by atoms with Gasteiger partial charge in [0.15, 0.2) is 0 Å². The fourth-order valence-electron chi connectivity index (χ4n) is 3.19. The molecule has 0 unspecified atom stereocenters. The van der Waals surface area contributed by atoms with Crippen LogP contribution in [0.4, 0.5) is 4.39 Å². The summed E-state index contributed by atoms with van der Waals surface area (Å²) >= 11 is 1.49. The first-order chi connectivity index (χ1) is 11.5. The van der Waals surface area contributed by atoms with Gasteiger partial charge in [-0.2, -0.15) is 11.3 Å². The van der Waals surface area contributed by atoms with Gasteiger partial charge in [-0.05, 0) is 42.6 Å². The Morgan fingerprint density at radius 1 is 1.38 bits per heavy atom. The van der Waals surface area contributed by atoms with Gasteiger partial charge >= 0.3 is 0 Å². The van der Waals surface area contributed by atoms with Crippen molar-refractivity contribution >= 4 is 17.2 Å². The Morgan fingerprint density at radius 3 is 2.79 bits per heavy atom. The van der Waals surface area contributed by atoms with Crippen molar-refractivity contribution in [1.82, 2.24) is 9.80 Å². The van der Waals surface area contributed by atoms with E-state index < -0.39 is 5.60 Å². The van der Waals surface area contributed by atoms with Gasteiger partial charge in [-0.1, -0.05) is 12.1 Å². The quantitative estimate of drug-likeness (QED) is 0.903. The van der Waals surface area contributed by atoms with E-state index in [1.807, 2.05) is 28.8 Å². The summed E-state index contributed by atoms with van der Waals surface area (Å²) in [6, 6.07) is 8.18. The van der Waals surface area contributed by atoms with Gasteiger partial charge < -0.3 is 10.0 Å². The summed E-state index contributed by atoms with van der Waals surface area (Å²) in [6.45, 7) is 2.00. The molecule has 1 saturated heterocycles. The molecule has 1 amide bonds. The Labute approximate surface area is 145 Å². The highest BCUT2D eigenvalue weighted by atomic mass is 32.1. The second kappa shape index (κ2) is 7.01. The molecule has 1 fully saturated rings. The lowest BCUT2D eigenvalue weighted by Gasteiger charge is -2.29. The summed E-state index contributed by atoms with van der Waals surface area (Å²) in [4.78, 5) is 16.1. The molecule has 2 heterocycles. The van der Waals surface area contributed by atoms with Crippen LogP contribution in [0.1, 0.15) is 22.3 Å². The smallest absolute Gasteiger partial charge is 0.254 e. The van der Waals surface area contributed by atoms with Gasteiger partial charge in [0.2, 0.25) is 0 Å². The third-order valence-electron chi connectivity index (χ3n) is 4.32. The largest absolute Gasteiger partial charge is 0.387 e. The van der Waals surface area contributed by atoms with Crippen LogP contribution in [0.2, 0.25) is 0 Å². The number of nitrogens with zero attached hydrogens (tertiary/aromatic N) is 2. The second-order valence-electron chi connectivity index (χ2n) is 6.51. The molecule has 1 aliphatic heterocycles. The van der Waals surface area contributed by atoms with E-state index in [2.05, 4.69) is 0 Å². The lowest BCUT2D eigenvalue weighted by atomic mass is 10.0. The van der Waals surface area contributed by atoms with Crippen molar-refractivity contribution in [2.45, 2.75) is 18.6 Å². The molecular formula is C18H21FN2O2S. The van der Waals surface area contributed by atoms with Gasteiger partial charge in [-0.25, -0.2) is 4.39 Å². The number of carbonyl (C=O) groups excluding carboxylic acids is 1. The molecule has 1 N–H and O–H groups in total. The van der Waals surface area contributed by atoms with Gasteiger partial charge in [-0.3, -0.25) is 9.69 Å². The minimum absolute atomic E-state index is 0.0200. The normalized spacial score (nSPS) is 20.8. The van der Waals surface area contributed by atoms with Gasteiger partial charge in [-0.15, -0.1) is 0 Å². The van der Waals surface area contributed by atoms with E-state index in [4.69, 9.17) is 0 Å². The van der Waals surface area contributed by atoms with Crippen LogP contribution in [0.15, 0.2) is 41.1 Å². The van der Waals surface area contributed by atoms with Crippen LogP contribution in [0.5, 0.6) is 0 Å². The number of hydrogen-bond acceptors (Lipinski definition) is 4. The predicted molar refractivity (Wildman–Crippen MR) is 92.5 cm³/mol. The van der Waals surface area contributed by atoms with Gasteiger partial charge in [0, 0.05) is 25.0 Å². The van der Waals surface area contributed by atoms with Crippen molar-refractivity contribution in [1.29, 1.82) is 0 Å². The number of thiophene rings is 1. The molecule has 24 heavy (non-hydrogen) atoms. The summed E-state index contributed by atoms with van der Waals surface area (Å²) in [6.07, 6.45) is 0.566. The number of β-amino-alcohol motifs (C(OH)–C–C–N with tert-alkyl or cyclic N) is 1. The van der Waals surface area contributed by atoms with Crippen molar-refractivity contribution in [2.75, 3.05) is 26.7 Å². The standard InChI is InChI=1S/C18H21FN2O2S/c1-20(10-14-2-4-16(19)5-3-14)12-18(23)7-8-21(13-18)17(22)15-6-9-24-11-15/h2-6,9,11,23H,7-8,10,12-13H2,1H3/t18-/m0/s1. The third-order valence-corrected chi connectivity index (χ3v) is 5.00. The van der Waals surface area contributed by atoms with E-state index in [0.29, 0.717) is 38.2 Å². The monoisotopic (exact) mass is 348 g/mol. The Balaban J connectivity index is 1.56. The van der Waals surface area contributed by atoms with Gasteiger partial charge in [0.05, 0.1) is 17.7 Å². The maximum atomic E-state index is 13.0. The molecule has 1 aromatic heterocycles. The number of hydrogen-bond donors (Lipinski definition) is 1. The van der Waals surface area contributed by atoms with Crippen molar-refractivity contribution in [2.24, 2.45) is 0 Å². The predicted octanol–water partition coefficient (Wildman–Crippen LogP) is 2.60. The van der Waals surface area contributed by atoms with Crippen molar-refractivity contribution in [3.8, 4) is 0 Å². The Morgan fingerprint density at radius 2 is 2.12 bits per heavy atom. The number of amides is 1. The number of likely N-dealkylation sites (tertiary alicyclic amines) is 1. The van der Waals surface area contributed by atoms with E-state index in [0.717, 1.165) is 5.56 Å². The van der Waals surface area contributed by atoms with E-state index in [-0.39, 0.29) is 11.7 Å². The Hall–Kier alpha value is -1.76. The molecule has 3 rings (SSSR count). The second-order valence-corrected chi connectivity index (χ2v) is 7.29. The molecule has 0 aliphatic carbocycles. The maximum Gasteiger partial charge on any atom is 0.254 e. The maximum absolute atomic E-state index is 13.0. The van der Waals surface area contributed by atoms with Crippen LogP contribution in [0.25, 0.3) is 0 Å². The van der Waals surface area contributed by atoms with Crippen molar-refractivity contribution in [3.63, 3.8) is 0 Å².